The van der Waals surface area contributed by atoms with Crippen LogP contribution in [-0.2, 0) is 14.4 Å². The molecule has 1 heterocycles. The number of hydrogen-bond acceptors (Lipinski definition) is 3. The molecule has 158 valence electrons. The van der Waals surface area contributed by atoms with E-state index < -0.39 is 42.4 Å². The molecular formula is C22H21F3N2O3. The molecule has 1 aliphatic heterocycles. The van der Waals surface area contributed by atoms with Crippen LogP contribution >= 0.6 is 0 Å². The smallest absolute Gasteiger partial charge is 0.286 e. The minimum atomic E-state index is -5.13. The fraction of sp³-hybridized carbons (Fsp3) is 0.500. The monoisotopic (exact) mass is 418 g/mol. The highest BCUT2D eigenvalue weighted by atomic mass is 19.4. The lowest BCUT2D eigenvalue weighted by Gasteiger charge is -2.37. The van der Waals surface area contributed by atoms with Crippen molar-refractivity contribution >= 4 is 23.4 Å². The summed E-state index contributed by atoms with van der Waals surface area (Å²) in [7, 11) is 0. The number of aryl methyl sites for hydroxylation is 2. The molecule has 5 nitrogen and oxygen atoms in total. The maximum absolute atomic E-state index is 13.4. The van der Waals surface area contributed by atoms with Crippen molar-refractivity contribution in [1.29, 1.82) is 0 Å². The third kappa shape index (κ3) is 2.65. The maximum Gasteiger partial charge on any atom is 0.471 e. The van der Waals surface area contributed by atoms with E-state index in [-0.39, 0.29) is 17.5 Å². The van der Waals surface area contributed by atoms with E-state index in [1.54, 1.807) is 26.0 Å². The van der Waals surface area contributed by atoms with Gasteiger partial charge in [-0.15, -0.1) is 0 Å². The Bertz CT molecular complexity index is 966. The van der Waals surface area contributed by atoms with Crippen molar-refractivity contribution in [2.75, 3.05) is 11.6 Å². The van der Waals surface area contributed by atoms with Crippen LogP contribution in [0.5, 0.6) is 0 Å². The van der Waals surface area contributed by atoms with Crippen molar-refractivity contribution in [1.82, 2.24) is 4.90 Å². The second-order valence-corrected chi connectivity index (χ2v) is 8.92. The number of anilines is 1. The summed E-state index contributed by atoms with van der Waals surface area (Å²) < 4.78 is 40.1. The van der Waals surface area contributed by atoms with Gasteiger partial charge in [0.1, 0.15) is 6.67 Å². The van der Waals surface area contributed by atoms with Crippen LogP contribution in [0.15, 0.2) is 30.4 Å². The van der Waals surface area contributed by atoms with Gasteiger partial charge in [0.2, 0.25) is 11.8 Å². The Morgan fingerprint density at radius 1 is 1.07 bits per heavy atom. The molecule has 8 heteroatoms. The van der Waals surface area contributed by atoms with Gasteiger partial charge in [0.15, 0.2) is 0 Å². The van der Waals surface area contributed by atoms with Gasteiger partial charge in [-0.2, -0.15) is 13.2 Å². The van der Waals surface area contributed by atoms with Gasteiger partial charge in [-0.1, -0.05) is 29.8 Å². The molecule has 0 unspecified atom stereocenters. The molecule has 3 amide bonds. The van der Waals surface area contributed by atoms with Gasteiger partial charge in [-0.3, -0.25) is 24.2 Å². The summed E-state index contributed by atoms with van der Waals surface area (Å²) in [6.07, 6.45) is -0.135. The summed E-state index contributed by atoms with van der Waals surface area (Å²) in [5, 5.41) is 0. The summed E-state index contributed by atoms with van der Waals surface area (Å²) in [6.45, 7) is 2.67. The number of likely N-dealkylation sites (tertiary alicyclic amines) is 1. The second-order valence-electron chi connectivity index (χ2n) is 8.92. The number of allylic oxidation sites excluding steroid dienone is 2. The van der Waals surface area contributed by atoms with E-state index in [0.29, 0.717) is 22.3 Å². The molecule has 0 spiro atoms. The molecule has 0 N–H and O–H groups in total. The number of alkyl halides is 3. The second kappa shape index (κ2) is 6.18. The average molecular weight is 418 g/mol. The Hall–Kier alpha value is -2.64. The molecule has 1 aromatic carbocycles. The molecule has 1 saturated heterocycles. The Kier molecular flexibility index (Phi) is 3.98. The Morgan fingerprint density at radius 3 is 2.13 bits per heavy atom. The van der Waals surface area contributed by atoms with Crippen molar-refractivity contribution in [3.63, 3.8) is 0 Å². The molecule has 1 aromatic rings. The van der Waals surface area contributed by atoms with Crippen LogP contribution < -0.4 is 4.90 Å². The maximum atomic E-state index is 13.4. The van der Waals surface area contributed by atoms with Gasteiger partial charge in [0.25, 0.3) is 0 Å². The normalized spacial score (nSPS) is 33.6. The highest BCUT2D eigenvalue weighted by Gasteiger charge is 2.67. The first-order chi connectivity index (χ1) is 14.1. The number of rotatable bonds is 3. The summed E-state index contributed by atoms with van der Waals surface area (Å²) >= 11 is 0. The van der Waals surface area contributed by atoms with Crippen molar-refractivity contribution in [2.45, 2.75) is 26.4 Å². The topological polar surface area (TPSA) is 57.7 Å². The average Bonchev–Trinajstić information content (AvgIpc) is 3.45. The Labute approximate surface area is 171 Å². The van der Waals surface area contributed by atoms with Crippen molar-refractivity contribution in [3.8, 4) is 0 Å². The van der Waals surface area contributed by atoms with Crippen LogP contribution in [-0.4, -0.2) is 35.5 Å². The van der Waals surface area contributed by atoms with Gasteiger partial charge in [-0.25, -0.2) is 0 Å². The number of halogens is 3. The molecule has 0 radical (unpaired) electrons. The van der Waals surface area contributed by atoms with Gasteiger partial charge in [0, 0.05) is 5.69 Å². The van der Waals surface area contributed by atoms with Crippen LogP contribution in [0.2, 0.25) is 0 Å². The van der Waals surface area contributed by atoms with E-state index >= 15 is 0 Å². The van der Waals surface area contributed by atoms with Crippen LogP contribution in [0.3, 0.4) is 0 Å². The molecular weight excluding hydrogens is 397 g/mol. The number of nitrogens with zero attached hydrogens (tertiary/aromatic N) is 2. The predicted octanol–water partition coefficient (Wildman–Crippen LogP) is 3.21. The van der Waals surface area contributed by atoms with Crippen LogP contribution in [0.25, 0.3) is 0 Å². The van der Waals surface area contributed by atoms with E-state index in [1.165, 1.54) is 6.07 Å². The first-order valence-electron chi connectivity index (χ1n) is 10.1. The minimum absolute atomic E-state index is 0.0284. The summed E-state index contributed by atoms with van der Waals surface area (Å²) in [6, 6.07) is 4.69. The SMILES string of the molecule is Cc1ccc(N(CN2C(=O)[C@@H]3[C@@H]4C=C[C@H]([C@@H]5C[C@H]45)[C@H]3C2=O)C(=O)C(F)(F)F)c(C)c1. The fourth-order valence-electron chi connectivity index (χ4n) is 5.81. The lowest BCUT2D eigenvalue weighted by atomic mass is 9.63. The van der Waals surface area contributed by atoms with E-state index in [4.69, 9.17) is 0 Å². The third-order valence-corrected chi connectivity index (χ3v) is 7.17. The van der Waals surface area contributed by atoms with Crippen molar-refractivity contribution in [3.05, 3.63) is 41.5 Å². The van der Waals surface area contributed by atoms with Crippen molar-refractivity contribution < 1.29 is 27.6 Å². The van der Waals surface area contributed by atoms with E-state index in [1.807, 2.05) is 12.2 Å². The summed E-state index contributed by atoms with van der Waals surface area (Å²) in [5.41, 5.74) is 1.34. The first kappa shape index (κ1) is 19.3. The Morgan fingerprint density at radius 2 is 1.63 bits per heavy atom. The van der Waals surface area contributed by atoms with Gasteiger partial charge < -0.3 is 0 Å². The van der Waals surface area contributed by atoms with E-state index in [0.717, 1.165) is 16.9 Å². The summed E-state index contributed by atoms with van der Waals surface area (Å²) in [4.78, 5) is 39.9. The molecule has 2 bridgehead atoms. The molecule has 30 heavy (non-hydrogen) atoms. The lowest BCUT2D eigenvalue weighted by molar-refractivity contribution is -0.171. The van der Waals surface area contributed by atoms with Crippen LogP contribution in [0.4, 0.5) is 18.9 Å². The molecule has 5 aliphatic rings. The number of benzene rings is 1. The number of carbonyl (C=O) groups excluding carboxylic acids is 3. The van der Waals surface area contributed by atoms with Gasteiger partial charge in [-0.05, 0) is 55.6 Å². The largest absolute Gasteiger partial charge is 0.471 e. The third-order valence-electron chi connectivity index (χ3n) is 7.17. The van der Waals surface area contributed by atoms with Crippen LogP contribution in [0, 0.1) is 49.4 Å². The zero-order valence-electron chi connectivity index (χ0n) is 16.5. The zero-order valence-corrected chi connectivity index (χ0v) is 16.5. The highest BCUT2D eigenvalue weighted by molar-refractivity contribution is 6.07. The number of amides is 3. The number of carbonyl (C=O) groups is 3. The number of imide groups is 1. The first-order valence-corrected chi connectivity index (χ1v) is 10.1. The fourth-order valence-corrected chi connectivity index (χ4v) is 5.81. The molecule has 6 atom stereocenters. The zero-order chi connectivity index (χ0) is 21.5. The van der Waals surface area contributed by atoms with E-state index in [9.17, 15) is 27.6 Å². The van der Waals surface area contributed by atoms with Gasteiger partial charge >= 0.3 is 12.1 Å². The molecule has 3 fully saturated rings. The van der Waals surface area contributed by atoms with E-state index in [2.05, 4.69) is 0 Å². The summed E-state index contributed by atoms with van der Waals surface area (Å²) in [5.74, 6) is -3.31. The molecule has 2 saturated carbocycles. The van der Waals surface area contributed by atoms with Crippen LogP contribution in [0.1, 0.15) is 17.5 Å². The molecule has 4 aliphatic carbocycles. The molecule has 6 rings (SSSR count). The number of hydrogen-bond donors (Lipinski definition) is 0. The lowest BCUT2D eigenvalue weighted by Crippen LogP contribution is -2.49. The predicted molar refractivity (Wildman–Crippen MR) is 101 cm³/mol. The minimum Gasteiger partial charge on any atom is -0.286 e. The standard InChI is InChI=1S/C22H21F3N2O3/c1-10-3-6-16(11(2)7-10)26(21(30)22(23,24)25)9-27-19(28)17-12-4-5-13(15-8-14(12)15)18(17)20(27)29/h3-7,12-15,17-18H,8-9H2,1-2H3/t12-,13-,14-,15+,17-,18-/m1/s1. The van der Waals surface area contributed by atoms with Gasteiger partial charge in [0.05, 0.1) is 11.8 Å². The quantitative estimate of drug-likeness (QED) is 0.560. The Balaban J connectivity index is 1.49. The molecule has 0 aromatic heterocycles. The van der Waals surface area contributed by atoms with Crippen molar-refractivity contribution in [2.24, 2.45) is 35.5 Å². The highest BCUT2D eigenvalue weighted by Crippen LogP contribution is 2.65.